The van der Waals surface area contributed by atoms with E-state index in [1.807, 2.05) is 73.3 Å². The molecule has 1 fully saturated rings. The summed E-state index contributed by atoms with van der Waals surface area (Å²) in [4.78, 5) is 19.9. The van der Waals surface area contributed by atoms with Crippen LogP contribution in [0.1, 0.15) is 29.2 Å². The molecule has 1 aliphatic heterocycles. The Hall–Kier alpha value is -2.72. The van der Waals surface area contributed by atoms with Crippen LogP contribution in [0.25, 0.3) is 0 Å². The van der Waals surface area contributed by atoms with E-state index in [1.54, 1.807) is 0 Å². The van der Waals surface area contributed by atoms with E-state index in [-0.39, 0.29) is 11.9 Å². The highest BCUT2D eigenvalue weighted by atomic mass is 79.9. The molecule has 0 N–H and O–H groups in total. The lowest BCUT2D eigenvalue weighted by molar-refractivity contribution is -0.112. The van der Waals surface area contributed by atoms with E-state index in [4.69, 9.17) is 4.99 Å². The van der Waals surface area contributed by atoms with E-state index in [0.717, 1.165) is 32.5 Å². The maximum atomic E-state index is 13.4. The topological polar surface area (TPSA) is 32.7 Å². The minimum absolute atomic E-state index is 0.0305. The monoisotopic (exact) mass is 432 g/mol. The van der Waals surface area contributed by atoms with Crippen LogP contribution in [-0.4, -0.2) is 11.6 Å². The first-order valence-corrected chi connectivity index (χ1v) is 10.1. The van der Waals surface area contributed by atoms with Crippen molar-refractivity contribution in [1.29, 1.82) is 0 Å². The van der Waals surface area contributed by atoms with E-state index in [2.05, 4.69) is 34.1 Å². The van der Waals surface area contributed by atoms with Crippen molar-refractivity contribution >= 4 is 38.9 Å². The van der Waals surface area contributed by atoms with Crippen molar-refractivity contribution in [3.63, 3.8) is 0 Å². The van der Waals surface area contributed by atoms with Crippen LogP contribution in [0, 0.1) is 13.8 Å². The average molecular weight is 433 g/mol. The molecule has 0 aromatic heterocycles. The number of nitrogens with zero attached hydrogens (tertiary/aromatic N) is 2. The fourth-order valence-corrected chi connectivity index (χ4v) is 4.06. The Morgan fingerprint density at radius 1 is 0.929 bits per heavy atom. The van der Waals surface area contributed by atoms with E-state index >= 15 is 0 Å². The predicted molar refractivity (Wildman–Crippen MR) is 118 cm³/mol. The summed E-state index contributed by atoms with van der Waals surface area (Å²) in [5.74, 6) is -0.0305. The van der Waals surface area contributed by atoms with E-state index < -0.39 is 0 Å². The molecule has 0 aliphatic carbocycles. The summed E-state index contributed by atoms with van der Waals surface area (Å²) in [6, 6.07) is 24.1. The molecule has 3 aromatic rings. The van der Waals surface area contributed by atoms with Gasteiger partial charge in [-0.15, -0.1) is 0 Å². The number of carbonyl (C=O) groups is 1. The molecular weight excluding hydrogens is 412 g/mol. The van der Waals surface area contributed by atoms with Crippen molar-refractivity contribution in [2.45, 2.75) is 26.3 Å². The SMILES string of the molecule is Cc1cccc(N=C2CC(c3cccc(Br)c3)N(c3cccc(C)c3)C2=O)c1. The molecule has 1 amide bonds. The number of anilines is 1. The Labute approximate surface area is 173 Å². The van der Waals surface area contributed by atoms with Crippen LogP contribution in [0.2, 0.25) is 0 Å². The Bertz CT molecular complexity index is 1070. The molecule has 140 valence electrons. The Morgan fingerprint density at radius 3 is 2.36 bits per heavy atom. The molecule has 28 heavy (non-hydrogen) atoms. The Kier molecular flexibility index (Phi) is 5.14. The lowest BCUT2D eigenvalue weighted by Crippen LogP contribution is -2.29. The number of rotatable bonds is 3. The molecule has 1 aliphatic rings. The van der Waals surface area contributed by atoms with Gasteiger partial charge in [0.15, 0.2) is 0 Å². The van der Waals surface area contributed by atoms with Gasteiger partial charge in [-0.3, -0.25) is 9.69 Å². The van der Waals surface area contributed by atoms with Crippen molar-refractivity contribution < 1.29 is 4.79 Å². The van der Waals surface area contributed by atoms with Crippen molar-refractivity contribution in [3.05, 3.63) is 94.0 Å². The van der Waals surface area contributed by atoms with Crippen molar-refractivity contribution in [2.24, 2.45) is 4.99 Å². The van der Waals surface area contributed by atoms with Crippen LogP contribution >= 0.6 is 15.9 Å². The van der Waals surface area contributed by atoms with Crippen LogP contribution in [-0.2, 0) is 4.79 Å². The maximum absolute atomic E-state index is 13.4. The zero-order valence-corrected chi connectivity index (χ0v) is 17.5. The second-order valence-corrected chi connectivity index (χ2v) is 8.10. The number of benzene rings is 3. The van der Waals surface area contributed by atoms with Gasteiger partial charge in [0.2, 0.25) is 0 Å². The predicted octanol–water partition coefficient (Wildman–Crippen LogP) is 6.32. The first kappa shape index (κ1) is 18.6. The van der Waals surface area contributed by atoms with Crippen molar-refractivity contribution in [1.82, 2.24) is 0 Å². The van der Waals surface area contributed by atoms with Gasteiger partial charge < -0.3 is 0 Å². The Balaban J connectivity index is 1.79. The van der Waals surface area contributed by atoms with E-state index in [0.29, 0.717) is 12.1 Å². The third kappa shape index (κ3) is 3.78. The highest BCUT2D eigenvalue weighted by Gasteiger charge is 2.38. The highest BCUT2D eigenvalue weighted by molar-refractivity contribution is 9.10. The Morgan fingerprint density at radius 2 is 1.64 bits per heavy atom. The van der Waals surface area contributed by atoms with E-state index in [9.17, 15) is 4.79 Å². The molecule has 1 heterocycles. The lowest BCUT2D eigenvalue weighted by atomic mass is 10.0. The smallest absolute Gasteiger partial charge is 0.273 e. The molecule has 1 unspecified atom stereocenters. The minimum Gasteiger partial charge on any atom is -0.299 e. The molecule has 3 aromatic carbocycles. The normalized spacial score (nSPS) is 18.1. The second-order valence-electron chi connectivity index (χ2n) is 7.19. The zero-order chi connectivity index (χ0) is 19.7. The van der Waals surface area contributed by atoms with Crippen molar-refractivity contribution in [2.75, 3.05) is 4.90 Å². The summed E-state index contributed by atoms with van der Waals surface area (Å²) in [5, 5.41) is 0. The van der Waals surface area contributed by atoms with Gasteiger partial charge in [0, 0.05) is 16.6 Å². The van der Waals surface area contributed by atoms with Gasteiger partial charge in [0.05, 0.1) is 11.7 Å². The molecule has 3 nitrogen and oxygen atoms in total. The van der Waals surface area contributed by atoms with Crippen LogP contribution in [0.5, 0.6) is 0 Å². The van der Waals surface area contributed by atoms with Crippen molar-refractivity contribution in [3.8, 4) is 0 Å². The highest BCUT2D eigenvalue weighted by Crippen LogP contribution is 2.37. The zero-order valence-electron chi connectivity index (χ0n) is 15.9. The minimum atomic E-state index is -0.0737. The number of carbonyl (C=O) groups excluding carboxylic acids is 1. The van der Waals surface area contributed by atoms with Crippen LogP contribution < -0.4 is 4.90 Å². The van der Waals surface area contributed by atoms with Gasteiger partial charge in [-0.1, -0.05) is 52.3 Å². The fraction of sp³-hybridized carbons (Fsp3) is 0.167. The molecule has 1 atom stereocenters. The third-order valence-corrected chi connectivity index (χ3v) is 5.44. The summed E-state index contributed by atoms with van der Waals surface area (Å²) < 4.78 is 1.01. The van der Waals surface area contributed by atoms with Crippen LogP contribution in [0.3, 0.4) is 0 Å². The number of amides is 1. The first-order valence-electron chi connectivity index (χ1n) is 9.31. The maximum Gasteiger partial charge on any atom is 0.273 e. The average Bonchev–Trinajstić information content (AvgIpc) is 2.98. The number of aryl methyl sites for hydroxylation is 2. The van der Waals surface area contributed by atoms with Gasteiger partial charge in [-0.25, -0.2) is 4.99 Å². The summed E-state index contributed by atoms with van der Waals surface area (Å²) in [7, 11) is 0. The molecule has 0 spiro atoms. The standard InChI is InChI=1S/C24H21BrN2O/c1-16-6-3-10-20(12-16)26-22-15-23(18-8-5-9-19(25)14-18)27(24(22)28)21-11-4-7-17(2)13-21/h3-14,23H,15H2,1-2H3. The van der Waals surface area contributed by atoms with Gasteiger partial charge in [-0.2, -0.15) is 0 Å². The number of hydrogen-bond donors (Lipinski definition) is 0. The van der Waals surface area contributed by atoms with Gasteiger partial charge >= 0.3 is 0 Å². The summed E-state index contributed by atoms with van der Waals surface area (Å²) in [5.41, 5.74) is 5.68. The van der Waals surface area contributed by atoms with Gasteiger partial charge in [0.25, 0.3) is 5.91 Å². The second kappa shape index (κ2) is 7.72. The first-order chi connectivity index (χ1) is 13.5. The van der Waals surface area contributed by atoms with Gasteiger partial charge in [-0.05, 0) is 66.9 Å². The molecule has 0 bridgehead atoms. The van der Waals surface area contributed by atoms with Gasteiger partial charge in [0.1, 0.15) is 5.71 Å². The number of aliphatic imine (C=N–C) groups is 1. The van der Waals surface area contributed by atoms with Crippen LogP contribution in [0.15, 0.2) is 82.3 Å². The fourth-order valence-electron chi connectivity index (χ4n) is 3.64. The third-order valence-electron chi connectivity index (χ3n) is 4.94. The summed E-state index contributed by atoms with van der Waals surface area (Å²) >= 11 is 3.56. The lowest BCUT2D eigenvalue weighted by Gasteiger charge is -2.25. The van der Waals surface area contributed by atoms with Crippen LogP contribution in [0.4, 0.5) is 11.4 Å². The molecule has 4 rings (SSSR count). The molecule has 0 saturated carbocycles. The summed E-state index contributed by atoms with van der Waals surface area (Å²) in [6.45, 7) is 4.07. The van der Waals surface area contributed by atoms with E-state index in [1.165, 1.54) is 0 Å². The largest absolute Gasteiger partial charge is 0.299 e. The number of halogens is 1. The molecule has 4 heteroatoms. The summed E-state index contributed by atoms with van der Waals surface area (Å²) in [6.07, 6.45) is 0.581. The quantitative estimate of drug-likeness (QED) is 0.476. The molecule has 1 saturated heterocycles. The molecular formula is C24H21BrN2O. The number of hydrogen-bond acceptors (Lipinski definition) is 2. The molecule has 0 radical (unpaired) electrons.